The first-order chi connectivity index (χ1) is 57.5. The van der Waals surface area contributed by atoms with E-state index < -0.39 is 180 Å². The quantitative estimate of drug-likeness (QED) is 0.0254. The highest BCUT2D eigenvalue weighted by atomic mass is 19.1. The zero-order valence-corrected chi connectivity index (χ0v) is 69.3. The van der Waals surface area contributed by atoms with Crippen molar-refractivity contribution in [2.24, 2.45) is 33.7 Å². The van der Waals surface area contributed by atoms with Crippen molar-refractivity contribution in [1.82, 2.24) is 37.2 Å². The van der Waals surface area contributed by atoms with Crippen LogP contribution in [-0.2, 0) is 87.6 Å². The predicted octanol–water partition coefficient (Wildman–Crippen LogP) is 3.97. The number of Topliss-reactive ketones (excluding diaryl/α,β-unsaturated/α-hetero) is 1. The molecule has 3 heterocycles. The minimum Gasteiger partial charge on any atom is -0.394 e. The van der Waals surface area contributed by atoms with Gasteiger partial charge in [-0.25, -0.2) is 14.3 Å². The van der Waals surface area contributed by atoms with Gasteiger partial charge in [0.25, 0.3) is 0 Å². The number of ether oxygens (including phenoxy) is 8. The van der Waals surface area contributed by atoms with Gasteiger partial charge in [0, 0.05) is 65.9 Å². The molecule has 0 spiro atoms. The fourth-order valence-corrected chi connectivity index (χ4v) is 18.1. The van der Waals surface area contributed by atoms with Gasteiger partial charge in [0.15, 0.2) is 35.4 Å². The molecule has 34 heteroatoms. The number of nitrogens with zero attached hydrogens (tertiary/aromatic N) is 2. The van der Waals surface area contributed by atoms with Gasteiger partial charge in [-0.2, -0.15) is 5.11 Å². The Kier molecular flexibility index (Phi) is 34.1. The summed E-state index contributed by atoms with van der Waals surface area (Å²) in [5, 5.41) is 76.4. The normalized spacial score (nSPS) is 29.9. The number of hydrogen-bond acceptors (Lipinski definition) is 25. The maximum absolute atomic E-state index is 18.2. The van der Waals surface area contributed by atoms with Gasteiger partial charge >= 0.3 is 0 Å². The Labute approximate surface area is 698 Å². The van der Waals surface area contributed by atoms with Crippen molar-refractivity contribution in [3.8, 4) is 11.8 Å². The first-order valence-electron chi connectivity index (χ1n) is 42.2. The van der Waals surface area contributed by atoms with Gasteiger partial charge in [-0.3, -0.25) is 43.2 Å². The molecule has 19 atom stereocenters. The Hall–Kier alpha value is -8.41. The van der Waals surface area contributed by atoms with Crippen LogP contribution >= 0.6 is 0 Å². The summed E-state index contributed by atoms with van der Waals surface area (Å²) < 4.78 is 81.8. The number of carbonyl (C=O) groups is 9. The lowest BCUT2D eigenvalue weighted by Crippen LogP contribution is -2.71. The first-order valence-corrected chi connectivity index (χ1v) is 42.2. The number of halogens is 2. The van der Waals surface area contributed by atoms with Gasteiger partial charge < -0.3 is 106 Å². The summed E-state index contributed by atoms with van der Waals surface area (Å²) in [6.07, 6.45) is -5.35. The van der Waals surface area contributed by atoms with Crippen molar-refractivity contribution in [2.45, 2.75) is 248 Å². The van der Waals surface area contributed by atoms with Crippen molar-refractivity contribution < 1.29 is 115 Å². The van der Waals surface area contributed by atoms with Crippen LogP contribution in [0.2, 0.25) is 0 Å². The molecule has 10 rings (SSSR count). The van der Waals surface area contributed by atoms with Crippen LogP contribution in [0, 0.1) is 46.0 Å². The predicted molar refractivity (Wildman–Crippen MR) is 429 cm³/mol. The van der Waals surface area contributed by atoms with E-state index >= 15 is 13.6 Å². The number of anilines is 1. The van der Waals surface area contributed by atoms with E-state index in [9.17, 15) is 63.9 Å². The molecule has 5 fully saturated rings. The molecule has 32 nitrogen and oxygen atoms in total. The average molecular weight is 1680 g/mol. The van der Waals surface area contributed by atoms with Crippen molar-refractivity contribution in [2.75, 3.05) is 90.6 Å². The van der Waals surface area contributed by atoms with Crippen molar-refractivity contribution in [3.63, 3.8) is 0 Å². The van der Waals surface area contributed by atoms with E-state index in [0.29, 0.717) is 75.7 Å². The second kappa shape index (κ2) is 43.6. The molecule has 120 heavy (non-hydrogen) atoms. The van der Waals surface area contributed by atoms with E-state index in [1.165, 1.54) is 26.0 Å². The van der Waals surface area contributed by atoms with E-state index in [1.54, 1.807) is 25.7 Å². The third kappa shape index (κ3) is 22.1. The smallest absolute Gasteiger partial charge is 0.246 e. The zero-order chi connectivity index (χ0) is 86.5. The molecule has 0 aromatic heterocycles. The fourth-order valence-electron chi connectivity index (χ4n) is 18.1. The summed E-state index contributed by atoms with van der Waals surface area (Å²) in [7, 11) is 0. The molecule has 660 valence electrons. The lowest BCUT2D eigenvalue weighted by molar-refractivity contribution is -0.234. The molecular weight excluding hydrogens is 1560 g/mol. The molecule has 13 N–H and O–H groups in total. The number of alkyl halides is 2. The minimum absolute atomic E-state index is 0.000558. The number of allylic oxidation sites excluding steroid dienone is 5. The molecule has 8 aliphatic rings. The highest BCUT2D eigenvalue weighted by Crippen LogP contribution is 2.72. The number of amides is 7. The van der Waals surface area contributed by atoms with Crippen molar-refractivity contribution >= 4 is 58.6 Å². The fraction of sp³-hybridized carbons (Fsp3) is 0.663. The Morgan fingerprint density at radius 1 is 0.733 bits per heavy atom. The molecule has 2 saturated heterocycles. The number of hydrogen-bond donors (Lipinski definition) is 13. The number of carbonyl (C=O) groups excluding carboxylic acids is 9. The Balaban J connectivity index is 0.670. The molecule has 3 aliphatic heterocycles. The van der Waals surface area contributed by atoms with E-state index in [1.807, 2.05) is 55.5 Å². The van der Waals surface area contributed by atoms with Gasteiger partial charge in [0.05, 0.1) is 90.4 Å². The van der Waals surface area contributed by atoms with Crippen LogP contribution in [0.3, 0.4) is 0 Å². The number of aliphatic hydroxyl groups excluding tert-OH is 5. The van der Waals surface area contributed by atoms with Crippen LogP contribution in [0.4, 0.5) is 14.5 Å². The average Bonchev–Trinajstić information content (AvgIpc) is 1.47. The number of para-hydroxylation sites is 1. The van der Waals surface area contributed by atoms with E-state index in [-0.39, 0.29) is 134 Å². The molecule has 2 unspecified atom stereocenters. The maximum atomic E-state index is 18.2. The van der Waals surface area contributed by atoms with Gasteiger partial charge in [0.1, 0.15) is 67.1 Å². The number of aliphatic hydroxyl groups is 5. The van der Waals surface area contributed by atoms with E-state index in [2.05, 4.69) is 54.2 Å². The lowest BCUT2D eigenvalue weighted by Gasteiger charge is -2.63. The number of ketones is 2. The standard InChI is InChI=1S/C86H120F2N10O22/c1-7-18-73-119-68-45-57-58-44-60(87)59-43-56(100)30-32-83(59,5)85(58,88)66(101)46-84(57,6)86(68,120-73)67(102)47-92-79(110)52(4)93-81(112)74(51(2)3)96-80(111)62(23-11-9-17-33-90-71(105)50-117-64-25-12-8-10-22-61(75(64)97-89)95-82-78(109)77(108)76(107)65(49-99)118-82)94-70(104)31-35-113-37-39-115-41-42-116-40-38-114-36-34-91-69(103)28-29-72(106)98-48-55-21-14-13-19-53(55)26-27-54-20-15-16-24-63(54)98/h13-16,19-21,24,30,32,43,51-52,57-58,60,62,64-66,68,73-74,76-78,82,89,95,99,101,107-109H,7-12,17-18,22-23,25,28-29,31,33-42,44-50H2,1-6H3,(H,90,105)(H,91,103)(H,92,110)(H,93,112)(H,94,104)(H,96,111)/b75-61-,97-89?/t52-,57-,58-,60-,62+,64?,65+,66-,68+,73?,74-,76-,77-,78+,82+,83-,84-,85-,86+/m0/s1. The monoisotopic (exact) mass is 1680 g/mol. The zero-order valence-electron chi connectivity index (χ0n) is 69.3. The molecule has 0 radical (unpaired) electrons. The molecule has 7 amide bonds. The highest BCUT2D eigenvalue weighted by Gasteiger charge is 2.80. The van der Waals surface area contributed by atoms with E-state index in [4.69, 9.17) is 43.4 Å². The van der Waals surface area contributed by atoms with E-state index in [0.717, 1.165) is 29.2 Å². The van der Waals surface area contributed by atoms with Gasteiger partial charge in [-0.05, 0) is 125 Å². The Bertz CT molecular complexity index is 4100. The summed E-state index contributed by atoms with van der Waals surface area (Å²) in [4.78, 5) is 125. The Morgan fingerprint density at radius 2 is 1.43 bits per heavy atom. The van der Waals surface area contributed by atoms with Crippen LogP contribution in [0.15, 0.2) is 88.8 Å². The third-order valence-corrected chi connectivity index (χ3v) is 24.6. The molecule has 2 aromatic rings. The molecule has 0 bridgehead atoms. The second-order valence-electron chi connectivity index (χ2n) is 32.9. The first kappa shape index (κ1) is 93.9. The highest BCUT2D eigenvalue weighted by molar-refractivity contribution is 6.02. The number of nitrogens with one attached hydrogen (secondary N) is 8. The van der Waals surface area contributed by atoms with Crippen LogP contribution in [0.1, 0.15) is 167 Å². The number of fused-ring (bicyclic) bond motifs is 9. The topological polar surface area (TPSA) is 452 Å². The molecule has 2 aromatic carbocycles. The third-order valence-electron chi connectivity index (χ3n) is 24.6. The van der Waals surface area contributed by atoms with Crippen molar-refractivity contribution in [1.29, 1.82) is 5.53 Å². The summed E-state index contributed by atoms with van der Waals surface area (Å²) in [6.45, 7) is 10.3. The lowest BCUT2D eigenvalue weighted by atomic mass is 9.44. The van der Waals surface area contributed by atoms with Crippen LogP contribution < -0.4 is 42.1 Å². The number of benzene rings is 2. The minimum atomic E-state index is -2.44. The van der Waals surface area contributed by atoms with Crippen LogP contribution in [0.5, 0.6) is 0 Å². The molecular formula is C86H120F2N10O22. The SMILES string of the molecule is CCCC1O[C@@H]2C[C@H]3[C@@H]4C[C@H](F)C5=CC(=O)C=C[C@]5(C)[C@@]4(F)[C@@H](O)C[C@]3(C)[C@]2(C(=O)CNC(=O)[C@H](C)NC(=O)[C@@H](NC(=O)[C@@H](CCCCCNC(=O)COC2CCCCC/C(N[C@@H]3O[C@H](CO)[C@H](O)[C@H](O)[C@H]3O)=C\2N=N)NC(=O)CCOCCOCCOCCOCCNC(=O)CCC(=O)N2Cc3ccccc3C#Cc3ccccc32)C(C)C)O1. The summed E-state index contributed by atoms with van der Waals surface area (Å²) in [5.74, 6) is -1.00. The van der Waals surface area contributed by atoms with Gasteiger partial charge in [-0.1, -0.05) is 108 Å². The summed E-state index contributed by atoms with van der Waals surface area (Å²) in [6, 6.07) is 11.4. The summed E-state index contributed by atoms with van der Waals surface area (Å²) >= 11 is 0. The number of unbranched alkanes of at least 4 members (excludes halogenated alkanes) is 2. The summed E-state index contributed by atoms with van der Waals surface area (Å²) in [5.41, 5.74) is 4.45. The van der Waals surface area contributed by atoms with Crippen molar-refractivity contribution in [3.05, 3.63) is 100 Å². The molecule has 3 saturated carbocycles. The second-order valence-corrected chi connectivity index (χ2v) is 32.9. The van der Waals surface area contributed by atoms with Gasteiger partial charge in [-0.15, -0.1) is 0 Å². The molecule has 5 aliphatic carbocycles. The van der Waals surface area contributed by atoms with Crippen LogP contribution in [-0.4, -0.2) is 255 Å². The number of rotatable bonds is 43. The Morgan fingerprint density at radius 3 is 2.14 bits per heavy atom. The van der Waals surface area contributed by atoms with Gasteiger partial charge in [0.2, 0.25) is 41.4 Å². The van der Waals surface area contributed by atoms with Crippen LogP contribution in [0.25, 0.3) is 0 Å². The largest absolute Gasteiger partial charge is 0.394 e. The maximum Gasteiger partial charge on any atom is 0.246 e.